The fraction of sp³-hybridized carbons (Fsp3) is 0.667. The molecule has 3 heteroatoms. The Kier molecular flexibility index (Phi) is 3.60. The standard InChI is InChI=1S/C15H21BrN2/c16-13-12-17-9-4-14(13)18-10-7-15(8-11-18)5-2-1-3-6-15/h4,9,12H,1-3,5-8,10-11H2. The molecule has 1 aliphatic carbocycles. The average molecular weight is 309 g/mol. The Morgan fingerprint density at radius 3 is 2.44 bits per heavy atom. The molecule has 0 aromatic carbocycles. The molecular weight excluding hydrogens is 288 g/mol. The van der Waals surface area contributed by atoms with Crippen LogP contribution in [0.15, 0.2) is 22.9 Å². The predicted octanol–water partition coefficient (Wildman–Crippen LogP) is 4.39. The number of halogens is 1. The largest absolute Gasteiger partial charge is 0.370 e. The lowest BCUT2D eigenvalue weighted by Crippen LogP contribution is -2.41. The van der Waals surface area contributed by atoms with Crippen molar-refractivity contribution in [1.82, 2.24) is 4.98 Å². The molecule has 0 amide bonds. The van der Waals surface area contributed by atoms with Crippen LogP contribution in [0.25, 0.3) is 0 Å². The number of anilines is 1. The molecule has 1 saturated carbocycles. The van der Waals surface area contributed by atoms with Gasteiger partial charge in [0.25, 0.3) is 0 Å². The summed E-state index contributed by atoms with van der Waals surface area (Å²) >= 11 is 3.62. The molecule has 2 aliphatic rings. The van der Waals surface area contributed by atoms with Crippen LogP contribution in [-0.2, 0) is 0 Å². The van der Waals surface area contributed by atoms with E-state index in [0.29, 0.717) is 5.41 Å². The van der Waals surface area contributed by atoms with Crippen molar-refractivity contribution in [3.8, 4) is 0 Å². The molecule has 2 nitrogen and oxygen atoms in total. The van der Waals surface area contributed by atoms with Crippen molar-refractivity contribution in [3.63, 3.8) is 0 Å². The van der Waals surface area contributed by atoms with E-state index in [1.165, 1.54) is 63.7 Å². The third-order valence-electron chi connectivity index (χ3n) is 4.83. The minimum Gasteiger partial charge on any atom is -0.370 e. The Morgan fingerprint density at radius 2 is 1.78 bits per heavy atom. The first-order valence-electron chi connectivity index (χ1n) is 7.14. The summed E-state index contributed by atoms with van der Waals surface area (Å²) in [6, 6.07) is 2.13. The van der Waals surface area contributed by atoms with Crippen molar-refractivity contribution in [2.75, 3.05) is 18.0 Å². The second kappa shape index (κ2) is 5.20. The van der Waals surface area contributed by atoms with Crippen LogP contribution < -0.4 is 4.90 Å². The van der Waals surface area contributed by atoms with Crippen LogP contribution in [0.5, 0.6) is 0 Å². The molecule has 98 valence electrons. The number of pyridine rings is 1. The van der Waals surface area contributed by atoms with E-state index in [2.05, 4.69) is 31.9 Å². The van der Waals surface area contributed by atoms with Crippen molar-refractivity contribution in [1.29, 1.82) is 0 Å². The van der Waals surface area contributed by atoms with E-state index in [-0.39, 0.29) is 0 Å². The zero-order valence-electron chi connectivity index (χ0n) is 10.9. The van der Waals surface area contributed by atoms with Gasteiger partial charge in [-0.1, -0.05) is 19.3 Å². The van der Waals surface area contributed by atoms with E-state index < -0.39 is 0 Å². The molecular formula is C15H21BrN2. The maximum absolute atomic E-state index is 4.15. The molecule has 1 saturated heterocycles. The molecule has 0 N–H and O–H groups in total. The molecule has 0 bridgehead atoms. The van der Waals surface area contributed by atoms with Gasteiger partial charge in [-0.3, -0.25) is 4.98 Å². The van der Waals surface area contributed by atoms with E-state index in [1.54, 1.807) is 0 Å². The lowest BCUT2D eigenvalue weighted by Gasteiger charge is -2.45. The Morgan fingerprint density at radius 1 is 1.06 bits per heavy atom. The molecule has 1 aromatic rings. The highest BCUT2D eigenvalue weighted by atomic mass is 79.9. The summed E-state index contributed by atoms with van der Waals surface area (Å²) in [4.78, 5) is 6.67. The molecule has 0 radical (unpaired) electrons. The van der Waals surface area contributed by atoms with Gasteiger partial charge >= 0.3 is 0 Å². The molecule has 2 heterocycles. The molecule has 3 rings (SSSR count). The van der Waals surface area contributed by atoms with E-state index in [9.17, 15) is 0 Å². The SMILES string of the molecule is Brc1cnccc1N1CCC2(CCCCC2)CC1. The third kappa shape index (κ3) is 2.42. The van der Waals surface area contributed by atoms with Gasteiger partial charge in [0, 0.05) is 25.5 Å². The predicted molar refractivity (Wildman–Crippen MR) is 78.9 cm³/mol. The number of rotatable bonds is 1. The van der Waals surface area contributed by atoms with E-state index >= 15 is 0 Å². The average Bonchev–Trinajstić information content (AvgIpc) is 2.42. The fourth-order valence-electron chi connectivity index (χ4n) is 3.65. The van der Waals surface area contributed by atoms with Gasteiger partial charge in [-0.2, -0.15) is 0 Å². The summed E-state index contributed by atoms with van der Waals surface area (Å²) < 4.78 is 1.13. The van der Waals surface area contributed by atoms with Crippen LogP contribution in [0.3, 0.4) is 0 Å². The number of aromatic nitrogens is 1. The Balaban J connectivity index is 1.68. The van der Waals surface area contributed by atoms with Crippen LogP contribution in [0, 0.1) is 5.41 Å². The lowest BCUT2D eigenvalue weighted by atomic mass is 9.68. The highest BCUT2D eigenvalue weighted by Crippen LogP contribution is 2.45. The van der Waals surface area contributed by atoms with Gasteiger partial charge in [0.2, 0.25) is 0 Å². The van der Waals surface area contributed by atoms with Gasteiger partial charge in [-0.05, 0) is 53.1 Å². The van der Waals surface area contributed by atoms with Gasteiger partial charge in [0.05, 0.1) is 10.2 Å². The quantitative estimate of drug-likeness (QED) is 0.764. The third-order valence-corrected chi connectivity index (χ3v) is 5.44. The van der Waals surface area contributed by atoms with Crippen molar-refractivity contribution in [3.05, 3.63) is 22.9 Å². The summed E-state index contributed by atoms with van der Waals surface area (Å²) in [5.41, 5.74) is 2.00. The normalized spacial score (nSPS) is 23.3. The topological polar surface area (TPSA) is 16.1 Å². The number of hydrogen-bond acceptors (Lipinski definition) is 2. The molecule has 1 aromatic heterocycles. The Hall–Kier alpha value is -0.570. The minimum absolute atomic E-state index is 0.689. The first kappa shape index (κ1) is 12.5. The summed E-state index contributed by atoms with van der Waals surface area (Å²) in [6.07, 6.45) is 13.9. The fourth-order valence-corrected chi connectivity index (χ4v) is 4.15. The summed E-state index contributed by atoms with van der Waals surface area (Å²) in [7, 11) is 0. The van der Waals surface area contributed by atoms with Gasteiger partial charge in [-0.25, -0.2) is 0 Å². The van der Waals surface area contributed by atoms with Crippen LogP contribution in [0.1, 0.15) is 44.9 Å². The smallest absolute Gasteiger partial charge is 0.0592 e. The maximum Gasteiger partial charge on any atom is 0.0592 e. The van der Waals surface area contributed by atoms with Crippen LogP contribution in [0.2, 0.25) is 0 Å². The number of piperidine rings is 1. The first-order valence-corrected chi connectivity index (χ1v) is 7.93. The van der Waals surface area contributed by atoms with Gasteiger partial charge in [0.15, 0.2) is 0 Å². The molecule has 0 atom stereocenters. The summed E-state index contributed by atoms with van der Waals surface area (Å²) in [5, 5.41) is 0. The maximum atomic E-state index is 4.15. The lowest BCUT2D eigenvalue weighted by molar-refractivity contribution is 0.144. The number of hydrogen-bond donors (Lipinski definition) is 0. The van der Waals surface area contributed by atoms with Crippen molar-refractivity contribution in [2.45, 2.75) is 44.9 Å². The molecule has 1 aliphatic heterocycles. The summed E-state index contributed by atoms with van der Waals surface area (Å²) in [6.45, 7) is 2.42. The van der Waals surface area contributed by atoms with Crippen molar-refractivity contribution in [2.24, 2.45) is 5.41 Å². The highest BCUT2D eigenvalue weighted by molar-refractivity contribution is 9.10. The van der Waals surface area contributed by atoms with Gasteiger partial charge in [-0.15, -0.1) is 0 Å². The van der Waals surface area contributed by atoms with Crippen LogP contribution in [-0.4, -0.2) is 18.1 Å². The monoisotopic (exact) mass is 308 g/mol. The number of nitrogens with zero attached hydrogens (tertiary/aromatic N) is 2. The zero-order valence-corrected chi connectivity index (χ0v) is 12.5. The Bertz CT molecular complexity index is 403. The van der Waals surface area contributed by atoms with E-state index in [1.807, 2.05) is 12.4 Å². The van der Waals surface area contributed by atoms with Crippen molar-refractivity contribution >= 4 is 21.6 Å². The van der Waals surface area contributed by atoms with E-state index in [4.69, 9.17) is 0 Å². The molecule has 1 spiro atoms. The molecule has 0 unspecified atom stereocenters. The van der Waals surface area contributed by atoms with E-state index in [0.717, 1.165) is 4.47 Å². The van der Waals surface area contributed by atoms with Crippen LogP contribution in [0.4, 0.5) is 5.69 Å². The van der Waals surface area contributed by atoms with Gasteiger partial charge in [0.1, 0.15) is 0 Å². The minimum atomic E-state index is 0.689. The van der Waals surface area contributed by atoms with Crippen LogP contribution >= 0.6 is 15.9 Å². The second-order valence-corrected chi connectivity index (χ2v) is 6.73. The molecule has 18 heavy (non-hydrogen) atoms. The molecule has 2 fully saturated rings. The first-order chi connectivity index (χ1) is 8.79. The zero-order chi connectivity index (χ0) is 12.4. The highest BCUT2D eigenvalue weighted by Gasteiger charge is 2.35. The Labute approximate surface area is 118 Å². The van der Waals surface area contributed by atoms with Gasteiger partial charge < -0.3 is 4.90 Å². The second-order valence-electron chi connectivity index (χ2n) is 5.87. The van der Waals surface area contributed by atoms with Crippen molar-refractivity contribution < 1.29 is 0 Å². The summed E-state index contributed by atoms with van der Waals surface area (Å²) in [5.74, 6) is 0.